The van der Waals surface area contributed by atoms with E-state index < -0.39 is 0 Å². The zero-order valence-electron chi connectivity index (χ0n) is 18.6. The van der Waals surface area contributed by atoms with Crippen LogP contribution in [0.4, 0.5) is 5.69 Å². The van der Waals surface area contributed by atoms with E-state index in [1.807, 2.05) is 86.6 Å². The molecule has 1 aromatic heterocycles. The minimum absolute atomic E-state index is 0.0244. The molecule has 5 heteroatoms. The average Bonchev–Trinajstić information content (AvgIpc) is 3.17. The number of ketones is 1. The van der Waals surface area contributed by atoms with Crippen LogP contribution >= 0.6 is 0 Å². The minimum Gasteiger partial charge on any atom is -0.354 e. The predicted molar refractivity (Wildman–Crippen MR) is 130 cm³/mol. The fourth-order valence-corrected chi connectivity index (χ4v) is 4.07. The number of para-hydroxylation sites is 2. The van der Waals surface area contributed by atoms with Gasteiger partial charge in [0.2, 0.25) is 5.91 Å². The topological polar surface area (TPSA) is 65.2 Å². The van der Waals surface area contributed by atoms with Gasteiger partial charge in [0.1, 0.15) is 0 Å². The van der Waals surface area contributed by atoms with Gasteiger partial charge in [-0.05, 0) is 43.7 Å². The number of carbonyl (C=O) groups is 2. The zero-order chi connectivity index (χ0) is 22.7. The number of anilines is 1. The lowest BCUT2D eigenvalue weighted by Gasteiger charge is -2.17. The van der Waals surface area contributed by atoms with Crippen molar-refractivity contribution in [2.45, 2.75) is 13.8 Å². The van der Waals surface area contributed by atoms with E-state index in [4.69, 9.17) is 0 Å². The molecule has 32 heavy (non-hydrogen) atoms. The summed E-state index contributed by atoms with van der Waals surface area (Å²) in [4.78, 5) is 31.2. The fourth-order valence-electron chi connectivity index (χ4n) is 4.07. The SMILES string of the molecule is Cc1cccc(C)c1NC(=O)CN(C)CC(=O)c1c(-c2ccccc2)[nH]c2ccccc12. The van der Waals surface area contributed by atoms with Crippen molar-refractivity contribution in [2.75, 3.05) is 25.5 Å². The van der Waals surface area contributed by atoms with Crippen LogP contribution in [0, 0.1) is 13.8 Å². The highest BCUT2D eigenvalue weighted by Gasteiger charge is 2.21. The Morgan fingerprint density at radius 3 is 2.22 bits per heavy atom. The van der Waals surface area contributed by atoms with Crippen LogP contribution in [0.3, 0.4) is 0 Å². The van der Waals surface area contributed by atoms with E-state index in [9.17, 15) is 9.59 Å². The maximum absolute atomic E-state index is 13.4. The first-order chi connectivity index (χ1) is 15.4. The molecule has 4 rings (SSSR count). The molecule has 0 saturated heterocycles. The number of aromatic amines is 1. The monoisotopic (exact) mass is 425 g/mol. The second kappa shape index (κ2) is 9.20. The van der Waals surface area contributed by atoms with Gasteiger partial charge in [-0.1, -0.05) is 66.7 Å². The van der Waals surface area contributed by atoms with Gasteiger partial charge in [0, 0.05) is 16.6 Å². The Labute approximate surface area is 188 Å². The average molecular weight is 426 g/mol. The summed E-state index contributed by atoms with van der Waals surface area (Å²) >= 11 is 0. The van der Waals surface area contributed by atoms with Crippen LogP contribution in [0.2, 0.25) is 0 Å². The molecular formula is C27H27N3O2. The highest BCUT2D eigenvalue weighted by Crippen LogP contribution is 2.30. The number of aromatic nitrogens is 1. The molecule has 4 aromatic rings. The summed E-state index contributed by atoms with van der Waals surface area (Å²) in [5.41, 5.74) is 6.22. The Bertz CT molecular complexity index is 1250. The molecule has 5 nitrogen and oxygen atoms in total. The molecule has 0 bridgehead atoms. The van der Waals surface area contributed by atoms with Crippen molar-refractivity contribution in [1.29, 1.82) is 0 Å². The molecule has 0 fully saturated rings. The van der Waals surface area contributed by atoms with E-state index >= 15 is 0 Å². The number of carbonyl (C=O) groups excluding carboxylic acids is 2. The van der Waals surface area contributed by atoms with Crippen LogP contribution in [0.15, 0.2) is 72.8 Å². The lowest BCUT2D eigenvalue weighted by molar-refractivity contribution is -0.116. The first-order valence-electron chi connectivity index (χ1n) is 10.7. The maximum Gasteiger partial charge on any atom is 0.238 e. The second-order valence-electron chi connectivity index (χ2n) is 8.20. The smallest absolute Gasteiger partial charge is 0.238 e. The van der Waals surface area contributed by atoms with E-state index in [1.54, 1.807) is 11.9 Å². The van der Waals surface area contributed by atoms with Crippen LogP contribution in [0.5, 0.6) is 0 Å². The third-order valence-electron chi connectivity index (χ3n) is 5.62. The number of rotatable bonds is 7. The van der Waals surface area contributed by atoms with Gasteiger partial charge in [0.15, 0.2) is 5.78 Å². The quantitative estimate of drug-likeness (QED) is 0.400. The fraction of sp³-hybridized carbons (Fsp3) is 0.185. The minimum atomic E-state index is -0.139. The Kier molecular flexibility index (Phi) is 6.19. The zero-order valence-corrected chi connectivity index (χ0v) is 18.6. The normalized spacial score (nSPS) is 11.1. The number of aryl methyl sites for hydroxylation is 2. The van der Waals surface area contributed by atoms with Crippen LogP contribution in [0.1, 0.15) is 21.5 Å². The summed E-state index contributed by atoms with van der Waals surface area (Å²) in [6.45, 7) is 4.21. The summed E-state index contributed by atoms with van der Waals surface area (Å²) in [6.07, 6.45) is 0. The number of H-pyrrole nitrogens is 1. The molecule has 162 valence electrons. The van der Waals surface area contributed by atoms with Gasteiger partial charge < -0.3 is 10.3 Å². The first kappa shape index (κ1) is 21.5. The highest BCUT2D eigenvalue weighted by molar-refractivity contribution is 6.14. The van der Waals surface area contributed by atoms with E-state index in [0.29, 0.717) is 5.56 Å². The standard InChI is InChI=1S/C27H27N3O2/c1-18-10-9-11-19(2)26(18)29-24(32)17-30(3)16-23(31)25-21-14-7-8-15-22(21)28-27(25)20-12-5-4-6-13-20/h4-15,28H,16-17H2,1-3H3,(H,29,32). The van der Waals surface area contributed by atoms with Crippen LogP contribution in [-0.4, -0.2) is 41.7 Å². The van der Waals surface area contributed by atoms with E-state index in [1.165, 1.54) is 0 Å². The molecule has 0 unspecified atom stereocenters. The van der Waals surface area contributed by atoms with Crippen molar-refractivity contribution in [3.8, 4) is 11.3 Å². The van der Waals surface area contributed by atoms with Gasteiger partial charge in [-0.3, -0.25) is 14.5 Å². The van der Waals surface area contributed by atoms with Crippen LogP contribution < -0.4 is 5.32 Å². The van der Waals surface area contributed by atoms with Crippen molar-refractivity contribution < 1.29 is 9.59 Å². The molecule has 0 radical (unpaired) electrons. The van der Waals surface area contributed by atoms with Gasteiger partial charge in [-0.25, -0.2) is 0 Å². The maximum atomic E-state index is 13.4. The number of fused-ring (bicyclic) bond motifs is 1. The molecule has 0 aliphatic heterocycles. The number of likely N-dealkylation sites (N-methyl/N-ethyl adjacent to an activating group) is 1. The second-order valence-corrected chi connectivity index (χ2v) is 8.20. The van der Waals surface area contributed by atoms with Crippen LogP contribution in [-0.2, 0) is 4.79 Å². The largest absolute Gasteiger partial charge is 0.354 e. The molecule has 1 heterocycles. The summed E-state index contributed by atoms with van der Waals surface area (Å²) in [5, 5.41) is 3.88. The van der Waals surface area contributed by atoms with Crippen molar-refractivity contribution >= 4 is 28.3 Å². The van der Waals surface area contributed by atoms with Crippen molar-refractivity contribution in [2.24, 2.45) is 0 Å². The summed E-state index contributed by atoms with van der Waals surface area (Å²) in [7, 11) is 1.79. The molecule has 0 saturated carbocycles. The Morgan fingerprint density at radius 1 is 0.844 bits per heavy atom. The molecule has 0 aliphatic carbocycles. The van der Waals surface area contributed by atoms with Gasteiger partial charge in [-0.2, -0.15) is 0 Å². The van der Waals surface area contributed by atoms with Crippen molar-refractivity contribution in [1.82, 2.24) is 9.88 Å². The Hall–Kier alpha value is -3.70. The summed E-state index contributed by atoms with van der Waals surface area (Å²) in [5.74, 6) is -0.163. The summed E-state index contributed by atoms with van der Waals surface area (Å²) < 4.78 is 0. The number of hydrogen-bond acceptors (Lipinski definition) is 3. The van der Waals surface area contributed by atoms with Gasteiger partial charge >= 0.3 is 0 Å². The first-order valence-corrected chi connectivity index (χ1v) is 10.7. The Balaban J connectivity index is 1.53. The number of benzene rings is 3. The number of amides is 1. The predicted octanol–water partition coefficient (Wildman–Crippen LogP) is 5.20. The Morgan fingerprint density at radius 2 is 1.50 bits per heavy atom. The van der Waals surface area contributed by atoms with Gasteiger partial charge in [0.05, 0.1) is 24.3 Å². The van der Waals surface area contributed by atoms with Crippen LogP contribution in [0.25, 0.3) is 22.2 Å². The van der Waals surface area contributed by atoms with E-state index in [2.05, 4.69) is 10.3 Å². The molecule has 1 amide bonds. The van der Waals surface area contributed by atoms with Gasteiger partial charge in [0.25, 0.3) is 0 Å². The molecule has 0 spiro atoms. The summed E-state index contributed by atoms with van der Waals surface area (Å²) in [6, 6.07) is 23.6. The third kappa shape index (κ3) is 4.48. The molecule has 2 N–H and O–H groups in total. The van der Waals surface area contributed by atoms with E-state index in [0.717, 1.165) is 39.0 Å². The third-order valence-corrected chi connectivity index (χ3v) is 5.62. The van der Waals surface area contributed by atoms with Crippen molar-refractivity contribution in [3.05, 3.63) is 89.5 Å². The molecule has 3 aromatic carbocycles. The van der Waals surface area contributed by atoms with Gasteiger partial charge in [-0.15, -0.1) is 0 Å². The number of hydrogen-bond donors (Lipinski definition) is 2. The lowest BCUT2D eigenvalue weighted by atomic mass is 10.0. The molecule has 0 atom stereocenters. The molecular weight excluding hydrogens is 398 g/mol. The number of nitrogens with one attached hydrogen (secondary N) is 2. The number of Topliss-reactive ketones (excluding diaryl/α,β-unsaturated/α-hetero) is 1. The molecule has 0 aliphatic rings. The highest BCUT2D eigenvalue weighted by atomic mass is 16.2. The van der Waals surface area contributed by atoms with E-state index in [-0.39, 0.29) is 24.8 Å². The lowest BCUT2D eigenvalue weighted by Crippen LogP contribution is -2.34. The van der Waals surface area contributed by atoms with Crippen molar-refractivity contribution in [3.63, 3.8) is 0 Å². The number of nitrogens with zero attached hydrogens (tertiary/aromatic N) is 1.